The fraction of sp³-hybridized carbons (Fsp3) is 0.333. The van der Waals surface area contributed by atoms with Crippen LogP contribution in [0, 0.1) is 6.57 Å². The van der Waals surface area contributed by atoms with Crippen LogP contribution in [0.2, 0.25) is 0 Å². The van der Waals surface area contributed by atoms with Crippen molar-refractivity contribution >= 4 is 28.9 Å². The number of anilines is 2. The van der Waals surface area contributed by atoms with Gasteiger partial charge in [-0.3, -0.25) is 9.20 Å². The number of carbonyl (C=O) groups is 1. The molecule has 0 radical (unpaired) electrons. The zero-order valence-electron chi connectivity index (χ0n) is 22.1. The molecule has 0 unspecified atom stereocenters. The van der Waals surface area contributed by atoms with Crippen molar-refractivity contribution in [1.29, 1.82) is 0 Å². The number of rotatable bonds is 4. The highest BCUT2D eigenvalue weighted by Crippen LogP contribution is 2.40. The Morgan fingerprint density at radius 2 is 1.76 bits per heavy atom. The van der Waals surface area contributed by atoms with E-state index in [2.05, 4.69) is 51.3 Å². The highest BCUT2D eigenvalue weighted by Gasteiger charge is 2.27. The van der Waals surface area contributed by atoms with Crippen molar-refractivity contribution in [3.63, 3.8) is 0 Å². The average molecular weight is 506 g/mol. The molecule has 2 aliphatic rings. The Kier molecular flexibility index (Phi) is 6.09. The molecule has 0 aliphatic carbocycles. The number of imidazole rings is 1. The number of benzene rings is 2. The van der Waals surface area contributed by atoms with Crippen molar-refractivity contribution in [1.82, 2.24) is 19.3 Å². The maximum atomic E-state index is 12.5. The summed E-state index contributed by atoms with van der Waals surface area (Å²) in [4.78, 5) is 32.6. The molecule has 8 heteroatoms. The van der Waals surface area contributed by atoms with Crippen LogP contribution >= 0.6 is 0 Å². The number of aryl methyl sites for hydroxylation is 1. The second-order valence-corrected chi connectivity index (χ2v) is 10.4. The number of hydrogen-bond donors (Lipinski definition) is 0. The van der Waals surface area contributed by atoms with Crippen LogP contribution in [-0.4, -0.2) is 65.5 Å². The molecule has 1 amide bonds. The molecule has 4 heterocycles. The molecule has 4 aromatic rings. The topological polar surface area (TPSA) is 61.3 Å². The van der Waals surface area contributed by atoms with Gasteiger partial charge in [0.2, 0.25) is 11.9 Å². The summed E-state index contributed by atoms with van der Waals surface area (Å²) in [7, 11) is 6.14. The van der Waals surface area contributed by atoms with E-state index in [1.807, 2.05) is 43.7 Å². The van der Waals surface area contributed by atoms with Gasteiger partial charge in [-0.2, -0.15) is 0 Å². The second-order valence-electron chi connectivity index (χ2n) is 10.4. The Morgan fingerprint density at radius 1 is 1.03 bits per heavy atom. The summed E-state index contributed by atoms with van der Waals surface area (Å²) in [5, 5.41) is 0. The Morgan fingerprint density at radius 3 is 2.47 bits per heavy atom. The predicted octanol–water partition coefficient (Wildman–Crippen LogP) is 5.05. The van der Waals surface area contributed by atoms with E-state index in [1.165, 1.54) is 5.56 Å². The van der Waals surface area contributed by atoms with Crippen molar-refractivity contribution in [2.45, 2.75) is 31.7 Å². The van der Waals surface area contributed by atoms with Gasteiger partial charge in [0.05, 0.1) is 17.8 Å². The first-order valence-electron chi connectivity index (χ1n) is 13.1. The largest absolute Gasteiger partial charge is 0.342 e. The van der Waals surface area contributed by atoms with E-state index < -0.39 is 0 Å². The minimum absolute atomic E-state index is 0.130. The van der Waals surface area contributed by atoms with Crippen molar-refractivity contribution in [3.8, 4) is 22.4 Å². The van der Waals surface area contributed by atoms with Gasteiger partial charge in [-0.1, -0.05) is 36.4 Å². The predicted molar refractivity (Wildman–Crippen MR) is 151 cm³/mol. The van der Waals surface area contributed by atoms with E-state index in [0.717, 1.165) is 72.0 Å². The maximum absolute atomic E-state index is 12.5. The molecule has 0 N–H and O–H groups in total. The summed E-state index contributed by atoms with van der Waals surface area (Å²) in [5.74, 6) is 1.01. The van der Waals surface area contributed by atoms with Crippen LogP contribution in [0.3, 0.4) is 0 Å². The molecular weight excluding hydrogens is 474 g/mol. The number of aromatic nitrogens is 3. The van der Waals surface area contributed by atoms with Gasteiger partial charge < -0.3 is 14.7 Å². The molecular formula is C30H31N7O. The van der Waals surface area contributed by atoms with Crippen LogP contribution in [-0.2, 0) is 11.2 Å². The number of carbonyl (C=O) groups excluding carboxylic acids is 1. The number of piperidine rings is 1. The SMILES string of the molecule is [C-]#[N+]c1ccc(-c2nc(N3CCC(N(C)C)CC3)n3ccnc3c2-c2ccc3c(c2)N(C)C(=O)CC3)cc1. The molecule has 0 spiro atoms. The molecule has 0 atom stereocenters. The zero-order valence-corrected chi connectivity index (χ0v) is 22.1. The summed E-state index contributed by atoms with van der Waals surface area (Å²) in [5.41, 5.74) is 7.19. The average Bonchev–Trinajstić information content (AvgIpc) is 3.44. The third-order valence-electron chi connectivity index (χ3n) is 7.99. The minimum atomic E-state index is 0.130. The smallest absolute Gasteiger partial charge is 0.227 e. The summed E-state index contributed by atoms with van der Waals surface area (Å²) in [6.45, 7) is 9.22. The number of amides is 1. The van der Waals surface area contributed by atoms with Crippen LogP contribution in [0.25, 0.3) is 32.9 Å². The highest BCUT2D eigenvalue weighted by atomic mass is 16.2. The summed E-state index contributed by atoms with van der Waals surface area (Å²) in [6.07, 6.45) is 7.25. The fourth-order valence-electron chi connectivity index (χ4n) is 5.73. The second kappa shape index (κ2) is 9.58. The summed E-state index contributed by atoms with van der Waals surface area (Å²) in [6, 6.07) is 14.5. The van der Waals surface area contributed by atoms with Gasteiger partial charge in [-0.15, -0.1) is 0 Å². The van der Waals surface area contributed by atoms with Crippen LogP contribution in [0.5, 0.6) is 0 Å². The fourth-order valence-corrected chi connectivity index (χ4v) is 5.73. The molecule has 2 aromatic carbocycles. The van der Waals surface area contributed by atoms with Gasteiger partial charge in [0, 0.05) is 50.7 Å². The lowest BCUT2D eigenvalue weighted by atomic mass is 9.94. The van der Waals surface area contributed by atoms with E-state index in [1.54, 1.807) is 4.90 Å². The molecule has 192 valence electrons. The Labute approximate surface area is 223 Å². The maximum Gasteiger partial charge on any atom is 0.227 e. The molecule has 8 nitrogen and oxygen atoms in total. The Bertz CT molecular complexity index is 1560. The quantitative estimate of drug-likeness (QED) is 0.363. The van der Waals surface area contributed by atoms with Gasteiger partial charge in [0.25, 0.3) is 0 Å². The highest BCUT2D eigenvalue weighted by molar-refractivity contribution is 5.98. The molecule has 2 aliphatic heterocycles. The van der Waals surface area contributed by atoms with E-state index >= 15 is 0 Å². The molecule has 0 saturated carbocycles. The summed E-state index contributed by atoms with van der Waals surface area (Å²) < 4.78 is 2.09. The minimum Gasteiger partial charge on any atom is -0.342 e. The van der Waals surface area contributed by atoms with E-state index in [-0.39, 0.29) is 5.91 Å². The van der Waals surface area contributed by atoms with Gasteiger partial charge in [0.1, 0.15) is 5.65 Å². The molecule has 1 fully saturated rings. The third kappa shape index (κ3) is 4.09. The monoisotopic (exact) mass is 505 g/mol. The molecule has 6 rings (SSSR count). The van der Waals surface area contributed by atoms with Gasteiger partial charge in [-0.25, -0.2) is 14.8 Å². The van der Waals surface area contributed by atoms with Crippen LogP contribution in [0.4, 0.5) is 17.3 Å². The molecule has 38 heavy (non-hydrogen) atoms. The van der Waals surface area contributed by atoms with E-state index in [0.29, 0.717) is 18.2 Å². The lowest BCUT2D eigenvalue weighted by Crippen LogP contribution is -2.43. The Hall–Kier alpha value is -4.22. The zero-order chi connectivity index (χ0) is 26.4. The lowest BCUT2D eigenvalue weighted by molar-refractivity contribution is -0.118. The standard InChI is InChI=1S/C30H31N7O/c1-31-23-10-7-21(8-11-23)28-27(22-6-5-20-9-12-26(38)35(4)25(20)19-22)29-32-15-18-37(29)30(33-28)36-16-13-24(14-17-36)34(2)3/h5-8,10-11,15,18-19,24H,9,12-14,16-17H2,2-4H3. The normalized spacial score (nSPS) is 16.2. The first-order valence-corrected chi connectivity index (χ1v) is 13.1. The first-order chi connectivity index (χ1) is 18.4. The van der Waals surface area contributed by atoms with Gasteiger partial charge in [0.15, 0.2) is 5.69 Å². The van der Waals surface area contributed by atoms with Crippen molar-refractivity contribution in [3.05, 3.63) is 71.8 Å². The van der Waals surface area contributed by atoms with E-state index in [4.69, 9.17) is 16.5 Å². The van der Waals surface area contributed by atoms with Crippen LogP contribution in [0.15, 0.2) is 54.9 Å². The molecule has 0 bridgehead atoms. The third-order valence-corrected chi connectivity index (χ3v) is 7.99. The van der Waals surface area contributed by atoms with Gasteiger partial charge in [-0.05, 0) is 56.1 Å². The van der Waals surface area contributed by atoms with Gasteiger partial charge >= 0.3 is 0 Å². The van der Waals surface area contributed by atoms with Crippen molar-refractivity contribution in [2.75, 3.05) is 44.0 Å². The number of nitrogens with zero attached hydrogens (tertiary/aromatic N) is 7. The summed E-state index contributed by atoms with van der Waals surface area (Å²) >= 11 is 0. The Balaban J connectivity index is 1.54. The van der Waals surface area contributed by atoms with Crippen LogP contribution in [0.1, 0.15) is 24.8 Å². The molecule has 1 saturated heterocycles. The molecule has 2 aromatic heterocycles. The number of hydrogen-bond acceptors (Lipinski definition) is 5. The number of fused-ring (bicyclic) bond motifs is 2. The lowest BCUT2D eigenvalue weighted by Gasteiger charge is -2.36. The van der Waals surface area contributed by atoms with Crippen molar-refractivity contribution in [2.24, 2.45) is 0 Å². The van der Waals surface area contributed by atoms with Crippen LogP contribution < -0.4 is 9.80 Å². The first kappa shape index (κ1) is 24.1. The van der Waals surface area contributed by atoms with E-state index in [9.17, 15) is 4.79 Å². The van der Waals surface area contributed by atoms with Crippen molar-refractivity contribution < 1.29 is 4.79 Å².